The molecule has 0 radical (unpaired) electrons. The predicted molar refractivity (Wildman–Crippen MR) is 111 cm³/mol. The van der Waals surface area contributed by atoms with E-state index in [1.807, 2.05) is 13.0 Å². The fraction of sp³-hybridized carbons (Fsp3) is 0.316. The average molecular weight is 421 g/mol. The zero-order valence-corrected chi connectivity index (χ0v) is 17.4. The number of methoxy groups -OCH3 is 1. The Kier molecular flexibility index (Phi) is 6.80. The molecule has 9 nitrogen and oxygen atoms in total. The fourth-order valence-corrected chi connectivity index (χ4v) is 4.14. The number of non-ortho nitro benzene ring substituents is 1. The normalized spacial score (nSPS) is 12.1. The van der Waals surface area contributed by atoms with Gasteiger partial charge in [-0.3, -0.25) is 19.2 Å². The van der Waals surface area contributed by atoms with Crippen LogP contribution < -0.4 is 14.4 Å². The molecule has 0 saturated carbocycles. The third-order valence-electron chi connectivity index (χ3n) is 4.24. The summed E-state index contributed by atoms with van der Waals surface area (Å²) >= 11 is 0. The lowest BCUT2D eigenvalue weighted by atomic mass is 10.1. The van der Waals surface area contributed by atoms with E-state index in [1.165, 1.54) is 25.3 Å². The molecule has 2 rings (SSSR count). The van der Waals surface area contributed by atoms with Crippen molar-refractivity contribution < 1.29 is 22.9 Å². The Bertz CT molecular complexity index is 1020. The quantitative estimate of drug-likeness (QED) is 0.517. The second-order valence-electron chi connectivity index (χ2n) is 6.45. The lowest BCUT2D eigenvalue weighted by Gasteiger charge is -2.30. The summed E-state index contributed by atoms with van der Waals surface area (Å²) < 4.78 is 31.1. The maximum atomic E-state index is 13.0. The van der Waals surface area contributed by atoms with Gasteiger partial charge in [-0.2, -0.15) is 0 Å². The van der Waals surface area contributed by atoms with Crippen LogP contribution in [0.2, 0.25) is 0 Å². The second-order valence-corrected chi connectivity index (χ2v) is 8.31. The van der Waals surface area contributed by atoms with Crippen molar-refractivity contribution in [1.29, 1.82) is 0 Å². The van der Waals surface area contributed by atoms with Crippen LogP contribution in [-0.2, 0) is 14.8 Å². The van der Waals surface area contributed by atoms with Gasteiger partial charge in [-0.1, -0.05) is 19.1 Å². The number of rotatable bonds is 8. The minimum atomic E-state index is -3.91. The van der Waals surface area contributed by atoms with E-state index in [2.05, 4.69) is 5.32 Å². The third-order valence-corrected chi connectivity index (χ3v) is 5.42. The highest BCUT2D eigenvalue weighted by molar-refractivity contribution is 7.92. The molecular weight excluding hydrogens is 398 g/mol. The SMILES string of the molecule is CCC(C(=O)Nc1cc(C)ccc1OC)N(c1cccc([N+](=O)[O-])c1)S(C)(=O)=O. The molecule has 0 spiro atoms. The van der Waals surface area contributed by atoms with Gasteiger partial charge in [0.15, 0.2) is 0 Å². The van der Waals surface area contributed by atoms with Crippen LogP contribution in [-0.4, -0.2) is 38.7 Å². The number of hydrogen-bond acceptors (Lipinski definition) is 6. The van der Waals surface area contributed by atoms with E-state index in [0.29, 0.717) is 11.4 Å². The lowest BCUT2D eigenvalue weighted by Crippen LogP contribution is -2.47. The Morgan fingerprint density at radius 3 is 2.52 bits per heavy atom. The van der Waals surface area contributed by atoms with Gasteiger partial charge >= 0.3 is 0 Å². The van der Waals surface area contributed by atoms with E-state index in [9.17, 15) is 23.3 Å². The van der Waals surface area contributed by atoms with Crippen molar-refractivity contribution in [1.82, 2.24) is 0 Å². The molecular formula is C19H23N3O6S. The van der Waals surface area contributed by atoms with Gasteiger partial charge in [0.05, 0.1) is 29.7 Å². The summed E-state index contributed by atoms with van der Waals surface area (Å²) in [5.74, 6) is -0.145. The molecule has 1 unspecified atom stereocenters. The smallest absolute Gasteiger partial charge is 0.271 e. The molecule has 156 valence electrons. The number of carbonyl (C=O) groups excluding carboxylic acids is 1. The topological polar surface area (TPSA) is 119 Å². The summed E-state index contributed by atoms with van der Waals surface area (Å²) in [6.07, 6.45) is 1.10. The molecule has 0 saturated heterocycles. The van der Waals surface area contributed by atoms with Crippen molar-refractivity contribution in [2.24, 2.45) is 0 Å². The van der Waals surface area contributed by atoms with Crippen LogP contribution >= 0.6 is 0 Å². The largest absolute Gasteiger partial charge is 0.495 e. The van der Waals surface area contributed by atoms with E-state index in [4.69, 9.17) is 4.74 Å². The van der Waals surface area contributed by atoms with E-state index in [0.717, 1.165) is 22.2 Å². The van der Waals surface area contributed by atoms with Gasteiger partial charge in [0.2, 0.25) is 15.9 Å². The van der Waals surface area contributed by atoms with E-state index >= 15 is 0 Å². The van der Waals surface area contributed by atoms with Crippen LogP contribution in [0.15, 0.2) is 42.5 Å². The standard InChI is InChI=1S/C19H23N3O6S/c1-5-17(19(23)20-16-11-13(2)9-10-18(16)28-3)21(29(4,26)27)14-7-6-8-15(12-14)22(24)25/h6-12,17H,5H2,1-4H3,(H,20,23). The minimum absolute atomic E-state index is 0.0416. The van der Waals surface area contributed by atoms with Crippen LogP contribution in [0.4, 0.5) is 17.1 Å². The first kappa shape index (κ1) is 22.2. The number of nitro benzene ring substituents is 1. The number of carbonyl (C=O) groups is 1. The van der Waals surface area contributed by atoms with Crippen LogP contribution in [0.5, 0.6) is 5.75 Å². The number of nitro groups is 1. The number of hydrogen-bond donors (Lipinski definition) is 1. The molecule has 1 atom stereocenters. The van der Waals surface area contributed by atoms with Crippen molar-refractivity contribution in [3.63, 3.8) is 0 Å². The molecule has 1 N–H and O–H groups in total. The number of nitrogens with one attached hydrogen (secondary N) is 1. The Morgan fingerprint density at radius 2 is 1.97 bits per heavy atom. The predicted octanol–water partition coefficient (Wildman–Crippen LogP) is 3.10. The summed E-state index contributed by atoms with van der Waals surface area (Å²) in [6, 6.07) is 9.28. The van der Waals surface area contributed by atoms with Crippen molar-refractivity contribution in [3.8, 4) is 5.75 Å². The zero-order chi connectivity index (χ0) is 21.8. The number of ether oxygens (including phenoxy) is 1. The highest BCUT2D eigenvalue weighted by atomic mass is 32.2. The van der Waals surface area contributed by atoms with Crippen LogP contribution in [0.1, 0.15) is 18.9 Å². The Balaban J connectivity index is 2.47. The second kappa shape index (κ2) is 8.91. The monoisotopic (exact) mass is 421 g/mol. The Hall–Kier alpha value is -3.14. The molecule has 10 heteroatoms. The molecule has 1 amide bonds. The van der Waals surface area contributed by atoms with Crippen molar-refractivity contribution in [2.75, 3.05) is 23.0 Å². The van der Waals surface area contributed by atoms with E-state index in [-0.39, 0.29) is 17.8 Å². The summed E-state index contributed by atoms with van der Waals surface area (Å²) in [7, 11) is -2.45. The Labute approximate surface area is 169 Å². The maximum Gasteiger partial charge on any atom is 0.271 e. The van der Waals surface area contributed by atoms with Gasteiger partial charge in [0.1, 0.15) is 11.8 Å². The van der Waals surface area contributed by atoms with Gasteiger partial charge < -0.3 is 10.1 Å². The molecule has 2 aromatic carbocycles. The number of aryl methyl sites for hydroxylation is 1. The minimum Gasteiger partial charge on any atom is -0.495 e. The van der Waals surface area contributed by atoms with Crippen LogP contribution in [0.25, 0.3) is 0 Å². The lowest BCUT2D eigenvalue weighted by molar-refractivity contribution is -0.384. The molecule has 0 aliphatic carbocycles. The van der Waals surface area contributed by atoms with Gasteiger partial charge in [-0.05, 0) is 37.1 Å². The summed E-state index contributed by atoms with van der Waals surface area (Å²) in [6.45, 7) is 3.51. The Morgan fingerprint density at radius 1 is 1.28 bits per heavy atom. The number of anilines is 2. The maximum absolute atomic E-state index is 13.0. The van der Waals surface area contributed by atoms with Gasteiger partial charge in [-0.15, -0.1) is 0 Å². The van der Waals surface area contributed by atoms with Crippen molar-refractivity contribution >= 4 is 33.0 Å². The molecule has 2 aromatic rings. The number of benzene rings is 2. The third kappa shape index (κ3) is 5.23. The summed E-state index contributed by atoms with van der Waals surface area (Å²) in [5.41, 5.74) is 1.06. The number of amides is 1. The van der Waals surface area contributed by atoms with E-state index < -0.39 is 26.9 Å². The molecule has 0 bridgehead atoms. The van der Waals surface area contributed by atoms with Gasteiger partial charge in [0.25, 0.3) is 5.69 Å². The van der Waals surface area contributed by atoms with E-state index in [1.54, 1.807) is 19.1 Å². The molecule has 0 aliphatic heterocycles. The highest BCUT2D eigenvalue weighted by Crippen LogP contribution is 2.29. The molecule has 0 fully saturated rings. The fourth-order valence-electron chi connectivity index (χ4n) is 2.94. The average Bonchev–Trinajstić information content (AvgIpc) is 2.65. The molecule has 0 aromatic heterocycles. The molecule has 29 heavy (non-hydrogen) atoms. The van der Waals surface area contributed by atoms with Crippen molar-refractivity contribution in [3.05, 3.63) is 58.1 Å². The summed E-state index contributed by atoms with van der Waals surface area (Å²) in [5, 5.41) is 13.8. The molecule has 0 heterocycles. The van der Waals surface area contributed by atoms with Gasteiger partial charge in [-0.25, -0.2) is 8.42 Å². The number of nitrogens with zero attached hydrogens (tertiary/aromatic N) is 2. The first-order valence-electron chi connectivity index (χ1n) is 8.77. The molecule has 0 aliphatic rings. The first-order chi connectivity index (χ1) is 13.6. The summed E-state index contributed by atoms with van der Waals surface area (Å²) in [4.78, 5) is 23.5. The zero-order valence-electron chi connectivity index (χ0n) is 16.6. The van der Waals surface area contributed by atoms with Crippen LogP contribution in [0.3, 0.4) is 0 Å². The highest BCUT2D eigenvalue weighted by Gasteiger charge is 2.32. The van der Waals surface area contributed by atoms with Crippen molar-refractivity contribution in [2.45, 2.75) is 26.3 Å². The first-order valence-corrected chi connectivity index (χ1v) is 10.6. The van der Waals surface area contributed by atoms with Gasteiger partial charge in [0, 0.05) is 12.1 Å². The number of sulfonamides is 1. The van der Waals surface area contributed by atoms with Crippen LogP contribution in [0, 0.1) is 17.0 Å².